The minimum absolute atomic E-state index is 0.228. The van der Waals surface area contributed by atoms with Gasteiger partial charge in [0.15, 0.2) is 0 Å². The van der Waals surface area contributed by atoms with Crippen LogP contribution in [0.2, 0.25) is 0 Å². The van der Waals surface area contributed by atoms with Crippen LogP contribution in [0.15, 0.2) is 18.2 Å². The Hall–Kier alpha value is -1.53. The van der Waals surface area contributed by atoms with Crippen molar-refractivity contribution in [1.82, 2.24) is 0 Å². The molecule has 1 aromatic carbocycles. The summed E-state index contributed by atoms with van der Waals surface area (Å²) in [4.78, 5) is 0. The number of aryl methyl sites for hydroxylation is 1. The van der Waals surface area contributed by atoms with Crippen LogP contribution in [-0.2, 0) is 6.42 Å². The van der Waals surface area contributed by atoms with Crippen molar-refractivity contribution in [2.24, 2.45) is 11.1 Å². The smallest absolute Gasteiger partial charge is 0.122 e. The number of nitrogens with zero attached hydrogens (tertiary/aromatic N) is 1. The molecular formula is C17H26N2O. The molecule has 0 aromatic heterocycles. The molecule has 0 saturated heterocycles. The van der Waals surface area contributed by atoms with Crippen molar-refractivity contribution in [3.8, 4) is 11.8 Å². The van der Waals surface area contributed by atoms with E-state index in [1.807, 2.05) is 19.9 Å². The lowest BCUT2D eigenvalue weighted by molar-refractivity contribution is 0.292. The van der Waals surface area contributed by atoms with Gasteiger partial charge in [0.1, 0.15) is 5.75 Å². The highest BCUT2D eigenvalue weighted by Crippen LogP contribution is 2.23. The summed E-state index contributed by atoms with van der Waals surface area (Å²) in [6.07, 6.45) is 3.74. The van der Waals surface area contributed by atoms with E-state index in [-0.39, 0.29) is 5.41 Å². The molecule has 1 aromatic rings. The van der Waals surface area contributed by atoms with E-state index < -0.39 is 0 Å². The number of nitriles is 1. The van der Waals surface area contributed by atoms with Gasteiger partial charge in [0.25, 0.3) is 0 Å². The third-order valence-electron chi connectivity index (χ3n) is 3.39. The van der Waals surface area contributed by atoms with Crippen LogP contribution in [0.4, 0.5) is 0 Å². The summed E-state index contributed by atoms with van der Waals surface area (Å²) in [6, 6.07) is 8.56. The largest absolute Gasteiger partial charge is 0.493 e. The van der Waals surface area contributed by atoms with E-state index in [4.69, 9.17) is 15.7 Å². The van der Waals surface area contributed by atoms with Crippen molar-refractivity contribution in [2.75, 3.05) is 13.2 Å². The molecule has 3 heteroatoms. The maximum Gasteiger partial charge on any atom is 0.122 e. The molecule has 0 fully saturated rings. The standard InChI is InChI=1S/C17H26N2O/c1-14-6-7-16(15(12-14)8-10-18)20-11-5-4-9-17(2,3)13-19/h6-7,12H,4-5,8-11,18H2,1-3H3. The molecule has 0 saturated carbocycles. The van der Waals surface area contributed by atoms with Crippen molar-refractivity contribution in [2.45, 2.75) is 46.5 Å². The van der Waals surface area contributed by atoms with Crippen LogP contribution >= 0.6 is 0 Å². The van der Waals surface area contributed by atoms with E-state index in [1.165, 1.54) is 11.1 Å². The fourth-order valence-electron chi connectivity index (χ4n) is 2.11. The number of nitrogens with two attached hydrogens (primary N) is 1. The fraction of sp³-hybridized carbons (Fsp3) is 0.588. The third kappa shape index (κ3) is 5.63. The maximum absolute atomic E-state index is 8.96. The van der Waals surface area contributed by atoms with Crippen molar-refractivity contribution in [3.05, 3.63) is 29.3 Å². The Labute approximate surface area is 122 Å². The lowest BCUT2D eigenvalue weighted by Crippen LogP contribution is -2.09. The van der Waals surface area contributed by atoms with Crippen LogP contribution < -0.4 is 10.5 Å². The van der Waals surface area contributed by atoms with Gasteiger partial charge in [-0.05, 0) is 64.6 Å². The normalized spacial score (nSPS) is 11.2. The van der Waals surface area contributed by atoms with Crippen LogP contribution in [0.1, 0.15) is 44.2 Å². The summed E-state index contributed by atoms with van der Waals surface area (Å²) in [5.74, 6) is 0.945. The first-order chi connectivity index (χ1) is 9.48. The van der Waals surface area contributed by atoms with Gasteiger partial charge in [0.05, 0.1) is 18.1 Å². The zero-order chi connectivity index (χ0) is 15.0. The molecule has 20 heavy (non-hydrogen) atoms. The molecule has 0 bridgehead atoms. The molecule has 1 rings (SSSR count). The quantitative estimate of drug-likeness (QED) is 0.737. The Morgan fingerprint density at radius 1 is 1.30 bits per heavy atom. The first kappa shape index (κ1) is 16.5. The summed E-state index contributed by atoms with van der Waals surface area (Å²) in [7, 11) is 0. The van der Waals surface area contributed by atoms with Crippen molar-refractivity contribution in [3.63, 3.8) is 0 Å². The molecule has 0 radical (unpaired) electrons. The molecule has 0 atom stereocenters. The van der Waals surface area contributed by atoms with Gasteiger partial charge in [0, 0.05) is 0 Å². The lowest BCUT2D eigenvalue weighted by Gasteiger charge is -2.15. The summed E-state index contributed by atoms with van der Waals surface area (Å²) >= 11 is 0. The van der Waals surface area contributed by atoms with Crippen LogP contribution in [0.3, 0.4) is 0 Å². The van der Waals surface area contributed by atoms with Gasteiger partial charge in [-0.25, -0.2) is 0 Å². The highest BCUT2D eigenvalue weighted by molar-refractivity contribution is 5.37. The predicted molar refractivity (Wildman–Crippen MR) is 82.7 cm³/mol. The number of unbranched alkanes of at least 4 members (excludes halogenated alkanes) is 1. The number of hydrogen-bond acceptors (Lipinski definition) is 3. The molecule has 0 heterocycles. The minimum Gasteiger partial charge on any atom is -0.493 e. The SMILES string of the molecule is Cc1ccc(OCCCCC(C)(C)C#N)c(CCN)c1. The molecule has 0 amide bonds. The number of hydrogen-bond donors (Lipinski definition) is 1. The third-order valence-corrected chi connectivity index (χ3v) is 3.39. The van der Waals surface area contributed by atoms with Gasteiger partial charge in [-0.3, -0.25) is 0 Å². The molecular weight excluding hydrogens is 248 g/mol. The summed E-state index contributed by atoms with van der Waals surface area (Å²) in [6.45, 7) is 7.37. The van der Waals surface area contributed by atoms with Crippen LogP contribution in [0, 0.1) is 23.7 Å². The Morgan fingerprint density at radius 3 is 2.70 bits per heavy atom. The van der Waals surface area contributed by atoms with E-state index in [1.54, 1.807) is 0 Å². The van der Waals surface area contributed by atoms with Crippen molar-refractivity contribution < 1.29 is 4.74 Å². The number of benzene rings is 1. The zero-order valence-electron chi connectivity index (χ0n) is 12.9. The number of ether oxygens (including phenoxy) is 1. The van der Waals surface area contributed by atoms with Gasteiger partial charge < -0.3 is 10.5 Å². The van der Waals surface area contributed by atoms with E-state index in [0.717, 1.165) is 31.4 Å². The molecule has 2 N–H and O–H groups in total. The van der Waals surface area contributed by atoms with Crippen molar-refractivity contribution >= 4 is 0 Å². The molecule has 0 unspecified atom stereocenters. The second-order valence-electron chi connectivity index (χ2n) is 5.95. The second-order valence-corrected chi connectivity index (χ2v) is 5.95. The van der Waals surface area contributed by atoms with E-state index in [0.29, 0.717) is 13.2 Å². The Kier molecular flexibility index (Phi) is 6.54. The topological polar surface area (TPSA) is 59.0 Å². The zero-order valence-corrected chi connectivity index (χ0v) is 12.9. The Bertz CT molecular complexity index is 461. The first-order valence-corrected chi connectivity index (χ1v) is 7.32. The number of rotatable bonds is 8. The van der Waals surface area contributed by atoms with Gasteiger partial charge in [-0.15, -0.1) is 0 Å². The molecule has 0 spiro atoms. The van der Waals surface area contributed by atoms with Gasteiger partial charge in [-0.2, -0.15) is 5.26 Å². The minimum atomic E-state index is -0.228. The average molecular weight is 274 g/mol. The second kappa shape index (κ2) is 7.91. The average Bonchev–Trinajstić information content (AvgIpc) is 2.41. The Balaban J connectivity index is 2.41. The highest BCUT2D eigenvalue weighted by atomic mass is 16.5. The summed E-state index contributed by atoms with van der Waals surface area (Å²) in [5, 5.41) is 8.96. The molecule has 0 aliphatic rings. The van der Waals surface area contributed by atoms with E-state index in [2.05, 4.69) is 25.1 Å². The first-order valence-electron chi connectivity index (χ1n) is 7.32. The monoisotopic (exact) mass is 274 g/mol. The van der Waals surface area contributed by atoms with Crippen LogP contribution in [0.5, 0.6) is 5.75 Å². The van der Waals surface area contributed by atoms with Gasteiger partial charge >= 0.3 is 0 Å². The van der Waals surface area contributed by atoms with Crippen LogP contribution in [0.25, 0.3) is 0 Å². The highest BCUT2D eigenvalue weighted by Gasteiger charge is 2.15. The lowest BCUT2D eigenvalue weighted by atomic mass is 9.89. The molecule has 110 valence electrons. The van der Waals surface area contributed by atoms with Crippen molar-refractivity contribution in [1.29, 1.82) is 5.26 Å². The predicted octanol–water partition coefficient (Wildman–Crippen LogP) is 3.60. The maximum atomic E-state index is 8.96. The van der Waals surface area contributed by atoms with E-state index >= 15 is 0 Å². The Morgan fingerprint density at radius 2 is 2.05 bits per heavy atom. The van der Waals surface area contributed by atoms with Gasteiger partial charge in [-0.1, -0.05) is 17.7 Å². The summed E-state index contributed by atoms with van der Waals surface area (Å²) in [5.41, 5.74) is 7.82. The van der Waals surface area contributed by atoms with Crippen LogP contribution in [-0.4, -0.2) is 13.2 Å². The molecule has 0 aliphatic heterocycles. The van der Waals surface area contributed by atoms with Gasteiger partial charge in [0.2, 0.25) is 0 Å². The summed E-state index contributed by atoms with van der Waals surface area (Å²) < 4.78 is 5.85. The van der Waals surface area contributed by atoms with E-state index in [9.17, 15) is 0 Å². The molecule has 3 nitrogen and oxygen atoms in total. The molecule has 0 aliphatic carbocycles. The fourth-order valence-corrected chi connectivity index (χ4v) is 2.11.